The van der Waals surface area contributed by atoms with Crippen LogP contribution in [0.15, 0.2) is 33.8 Å². The van der Waals surface area contributed by atoms with Crippen LogP contribution in [-0.4, -0.2) is 36.7 Å². The zero-order valence-electron chi connectivity index (χ0n) is 13.3. The first kappa shape index (κ1) is 20.0. The normalized spacial score (nSPS) is 16.6. The van der Waals surface area contributed by atoms with Gasteiger partial charge in [-0.25, -0.2) is 13.4 Å². The zero-order valence-corrected chi connectivity index (χ0v) is 18.0. The van der Waals surface area contributed by atoms with Gasteiger partial charge in [0.05, 0.1) is 4.34 Å². The SMILES string of the molecule is O=C(Nc1ccc(Br)cn1)C1CCN(S(=O)(=O)c2cc(Cl)sc2Cl)CC1. The van der Waals surface area contributed by atoms with Crippen molar-refractivity contribution >= 4 is 72.2 Å². The molecule has 1 N–H and O–H groups in total. The number of piperidine rings is 1. The topological polar surface area (TPSA) is 79.4 Å². The predicted molar refractivity (Wildman–Crippen MR) is 106 cm³/mol. The Morgan fingerprint density at radius 3 is 2.54 bits per heavy atom. The smallest absolute Gasteiger partial charge is 0.245 e. The molecule has 1 fully saturated rings. The summed E-state index contributed by atoms with van der Waals surface area (Å²) in [6.45, 7) is 0.496. The Balaban J connectivity index is 1.62. The number of aromatic nitrogens is 1. The van der Waals surface area contributed by atoms with Crippen LogP contribution in [0.3, 0.4) is 0 Å². The summed E-state index contributed by atoms with van der Waals surface area (Å²) in [6.07, 6.45) is 2.45. The number of nitrogens with one attached hydrogen (secondary N) is 1. The first-order valence-electron chi connectivity index (χ1n) is 7.65. The van der Waals surface area contributed by atoms with Crippen LogP contribution in [0.1, 0.15) is 12.8 Å². The summed E-state index contributed by atoms with van der Waals surface area (Å²) >= 11 is 16.1. The molecular weight excluding hydrogens is 485 g/mol. The Hall–Kier alpha value is -0.710. The predicted octanol–water partition coefficient (Wildman–Crippen LogP) is 4.25. The van der Waals surface area contributed by atoms with Crippen molar-refractivity contribution in [2.45, 2.75) is 17.7 Å². The second-order valence-corrected chi connectivity index (χ2v) is 10.8. The number of carbonyl (C=O) groups is 1. The first-order valence-corrected chi connectivity index (χ1v) is 11.5. The molecule has 0 radical (unpaired) electrons. The number of sulfonamides is 1. The van der Waals surface area contributed by atoms with E-state index in [1.165, 1.54) is 10.4 Å². The van der Waals surface area contributed by atoms with E-state index in [1.54, 1.807) is 18.3 Å². The Morgan fingerprint density at radius 1 is 1.31 bits per heavy atom. The van der Waals surface area contributed by atoms with E-state index < -0.39 is 10.0 Å². The molecule has 1 saturated heterocycles. The monoisotopic (exact) mass is 497 g/mol. The molecule has 0 aromatic carbocycles. The van der Waals surface area contributed by atoms with Crippen LogP contribution < -0.4 is 5.32 Å². The number of amides is 1. The van der Waals surface area contributed by atoms with Crippen LogP contribution in [0.25, 0.3) is 0 Å². The molecule has 1 amide bonds. The number of rotatable bonds is 4. The Labute approximate surface area is 173 Å². The molecule has 0 bridgehead atoms. The minimum absolute atomic E-state index is 0.0242. The standard InChI is InChI=1S/C15H14BrCl2N3O3S2/c16-10-1-2-13(19-8-10)20-15(22)9-3-5-21(6-4-9)26(23,24)11-7-12(17)25-14(11)18/h1-2,7-9H,3-6H2,(H,19,20,22). The van der Waals surface area contributed by atoms with E-state index in [2.05, 4.69) is 26.2 Å². The first-order chi connectivity index (χ1) is 12.3. The minimum Gasteiger partial charge on any atom is -0.310 e. The third-order valence-electron chi connectivity index (χ3n) is 4.05. The number of carbonyl (C=O) groups excluding carboxylic acids is 1. The van der Waals surface area contributed by atoms with Gasteiger partial charge in [-0.15, -0.1) is 11.3 Å². The highest BCUT2D eigenvalue weighted by molar-refractivity contribution is 9.10. The lowest BCUT2D eigenvalue weighted by Crippen LogP contribution is -2.41. The van der Waals surface area contributed by atoms with Crippen molar-refractivity contribution in [3.8, 4) is 0 Å². The van der Waals surface area contributed by atoms with Gasteiger partial charge in [0, 0.05) is 29.7 Å². The molecule has 6 nitrogen and oxygen atoms in total. The third kappa shape index (κ3) is 4.40. The molecule has 26 heavy (non-hydrogen) atoms. The molecule has 2 aromatic rings. The maximum atomic E-state index is 12.7. The molecule has 0 saturated carbocycles. The van der Waals surface area contributed by atoms with Gasteiger partial charge in [-0.1, -0.05) is 23.2 Å². The van der Waals surface area contributed by atoms with Crippen molar-refractivity contribution in [3.05, 3.63) is 37.5 Å². The highest BCUT2D eigenvalue weighted by atomic mass is 79.9. The van der Waals surface area contributed by atoms with Gasteiger partial charge in [-0.3, -0.25) is 4.79 Å². The lowest BCUT2D eigenvalue weighted by Gasteiger charge is -2.30. The fourth-order valence-electron chi connectivity index (χ4n) is 2.68. The van der Waals surface area contributed by atoms with Crippen LogP contribution in [0.2, 0.25) is 8.67 Å². The number of pyridine rings is 1. The zero-order chi connectivity index (χ0) is 18.9. The summed E-state index contributed by atoms with van der Waals surface area (Å²) in [6, 6.07) is 4.85. The summed E-state index contributed by atoms with van der Waals surface area (Å²) in [5.41, 5.74) is 0. The maximum absolute atomic E-state index is 12.7. The molecule has 0 aliphatic carbocycles. The van der Waals surface area contributed by atoms with Crippen LogP contribution >= 0.6 is 50.5 Å². The average molecular weight is 499 g/mol. The fraction of sp³-hybridized carbons (Fsp3) is 0.333. The molecule has 1 aliphatic rings. The number of nitrogens with zero attached hydrogens (tertiary/aromatic N) is 2. The highest BCUT2D eigenvalue weighted by Crippen LogP contribution is 2.36. The molecule has 11 heteroatoms. The Kier molecular flexibility index (Phi) is 6.25. The molecule has 3 heterocycles. The summed E-state index contributed by atoms with van der Waals surface area (Å²) in [5, 5.41) is 2.76. The van der Waals surface area contributed by atoms with E-state index in [0.29, 0.717) is 23.0 Å². The molecule has 140 valence electrons. The van der Waals surface area contributed by atoms with E-state index >= 15 is 0 Å². The van der Waals surface area contributed by atoms with Crippen molar-refractivity contribution in [3.63, 3.8) is 0 Å². The van der Waals surface area contributed by atoms with Crippen molar-refractivity contribution in [1.29, 1.82) is 0 Å². The highest BCUT2D eigenvalue weighted by Gasteiger charge is 2.34. The van der Waals surface area contributed by atoms with Crippen molar-refractivity contribution in [1.82, 2.24) is 9.29 Å². The van der Waals surface area contributed by atoms with Crippen LogP contribution in [-0.2, 0) is 14.8 Å². The van der Waals surface area contributed by atoms with E-state index in [-0.39, 0.29) is 34.1 Å². The van der Waals surface area contributed by atoms with E-state index in [0.717, 1.165) is 15.8 Å². The van der Waals surface area contributed by atoms with Crippen LogP contribution in [0, 0.1) is 5.92 Å². The second kappa shape index (κ2) is 8.12. The Bertz CT molecular complexity index is 911. The molecule has 2 aromatic heterocycles. The van der Waals surface area contributed by atoms with Gasteiger partial charge in [0.15, 0.2) is 0 Å². The largest absolute Gasteiger partial charge is 0.310 e. The molecule has 0 spiro atoms. The molecular formula is C15H14BrCl2N3O3S2. The van der Waals surface area contributed by atoms with Gasteiger partial charge >= 0.3 is 0 Å². The summed E-state index contributed by atoms with van der Waals surface area (Å²) in [7, 11) is -3.71. The molecule has 3 rings (SSSR count). The number of thiophene rings is 1. The fourth-order valence-corrected chi connectivity index (χ4v) is 6.49. The number of halogens is 3. The Morgan fingerprint density at radius 2 is 2.00 bits per heavy atom. The van der Waals surface area contributed by atoms with Gasteiger partial charge in [-0.2, -0.15) is 4.31 Å². The van der Waals surface area contributed by atoms with E-state index in [1.807, 2.05) is 0 Å². The second-order valence-electron chi connectivity index (χ2n) is 5.72. The maximum Gasteiger partial charge on any atom is 0.245 e. The van der Waals surface area contributed by atoms with Crippen LogP contribution in [0.5, 0.6) is 0 Å². The summed E-state index contributed by atoms with van der Waals surface area (Å²) in [4.78, 5) is 16.5. The van der Waals surface area contributed by atoms with Crippen molar-refractivity contribution < 1.29 is 13.2 Å². The number of hydrogen-bond acceptors (Lipinski definition) is 5. The molecule has 0 unspecified atom stereocenters. The summed E-state index contributed by atoms with van der Waals surface area (Å²) in [5.74, 6) is 0.0369. The number of hydrogen-bond donors (Lipinski definition) is 1. The van der Waals surface area contributed by atoms with Gasteiger partial charge in [0.25, 0.3) is 0 Å². The van der Waals surface area contributed by atoms with E-state index in [4.69, 9.17) is 23.2 Å². The van der Waals surface area contributed by atoms with Gasteiger partial charge < -0.3 is 5.32 Å². The minimum atomic E-state index is -3.71. The van der Waals surface area contributed by atoms with Gasteiger partial charge in [0.1, 0.15) is 15.0 Å². The third-order valence-corrected chi connectivity index (χ3v) is 8.17. The van der Waals surface area contributed by atoms with Crippen LogP contribution in [0.4, 0.5) is 5.82 Å². The van der Waals surface area contributed by atoms with Crippen molar-refractivity contribution in [2.24, 2.45) is 5.92 Å². The lowest BCUT2D eigenvalue weighted by molar-refractivity contribution is -0.120. The molecule has 0 atom stereocenters. The molecule has 1 aliphatic heterocycles. The number of anilines is 1. The van der Waals surface area contributed by atoms with Gasteiger partial charge in [0.2, 0.25) is 15.9 Å². The lowest BCUT2D eigenvalue weighted by atomic mass is 9.97. The van der Waals surface area contributed by atoms with E-state index in [9.17, 15) is 13.2 Å². The summed E-state index contributed by atoms with van der Waals surface area (Å²) < 4.78 is 28.0. The van der Waals surface area contributed by atoms with Crippen molar-refractivity contribution in [2.75, 3.05) is 18.4 Å². The van der Waals surface area contributed by atoms with Gasteiger partial charge in [-0.05, 0) is 47.0 Å². The quantitative estimate of drug-likeness (QED) is 0.683. The average Bonchev–Trinajstić information content (AvgIpc) is 2.96.